The van der Waals surface area contributed by atoms with Crippen molar-refractivity contribution in [3.05, 3.63) is 75.8 Å². The summed E-state index contributed by atoms with van der Waals surface area (Å²) in [6.07, 6.45) is 2.85. The maximum absolute atomic E-state index is 14.3. The largest absolute Gasteiger partial charge is 0.360 e. The summed E-state index contributed by atoms with van der Waals surface area (Å²) in [5.74, 6) is -0.566. The standard InChI is InChI=1S/C21H18ClFN2O2/c1-12-18(20(25-27-12)19-15(22)9-5-10-16(19)23)21(26)24-17-11-4-7-13-6-2-3-8-14(13)17/h2-3,5-6,8-10,17H,4,7,11H2,1H3,(H,24,26). The third-order valence-electron chi connectivity index (χ3n) is 4.96. The van der Waals surface area contributed by atoms with Crippen LogP contribution in [-0.4, -0.2) is 11.1 Å². The third-order valence-corrected chi connectivity index (χ3v) is 5.28. The van der Waals surface area contributed by atoms with E-state index >= 15 is 0 Å². The van der Waals surface area contributed by atoms with E-state index in [1.807, 2.05) is 18.2 Å². The Morgan fingerprint density at radius 3 is 2.89 bits per heavy atom. The molecule has 1 N–H and O–H groups in total. The number of hydrogen-bond acceptors (Lipinski definition) is 3. The number of benzene rings is 2. The molecule has 3 aromatic rings. The van der Waals surface area contributed by atoms with Crippen molar-refractivity contribution in [1.29, 1.82) is 0 Å². The summed E-state index contributed by atoms with van der Waals surface area (Å²) in [5, 5.41) is 7.15. The van der Waals surface area contributed by atoms with E-state index in [4.69, 9.17) is 16.1 Å². The monoisotopic (exact) mass is 384 g/mol. The van der Waals surface area contributed by atoms with Crippen LogP contribution in [0, 0.1) is 12.7 Å². The normalized spacial score (nSPS) is 16.0. The van der Waals surface area contributed by atoms with E-state index in [0.29, 0.717) is 5.76 Å². The lowest BCUT2D eigenvalue weighted by molar-refractivity contribution is 0.0932. The number of nitrogens with zero attached hydrogens (tertiary/aromatic N) is 1. The quantitative estimate of drug-likeness (QED) is 0.671. The van der Waals surface area contributed by atoms with E-state index in [9.17, 15) is 9.18 Å². The number of carbonyl (C=O) groups excluding carboxylic acids is 1. The fourth-order valence-electron chi connectivity index (χ4n) is 3.67. The van der Waals surface area contributed by atoms with Gasteiger partial charge in [-0.1, -0.05) is 47.1 Å². The van der Waals surface area contributed by atoms with Gasteiger partial charge < -0.3 is 9.84 Å². The molecule has 1 unspecified atom stereocenters. The van der Waals surface area contributed by atoms with Gasteiger partial charge in [-0.3, -0.25) is 4.79 Å². The fraction of sp³-hybridized carbons (Fsp3) is 0.238. The van der Waals surface area contributed by atoms with Crippen LogP contribution < -0.4 is 5.32 Å². The van der Waals surface area contributed by atoms with Crippen LogP contribution in [0.25, 0.3) is 11.3 Å². The van der Waals surface area contributed by atoms with Crippen molar-refractivity contribution in [2.75, 3.05) is 0 Å². The molecule has 138 valence electrons. The molecule has 1 aliphatic carbocycles. The first-order chi connectivity index (χ1) is 13.1. The minimum atomic E-state index is -0.548. The molecule has 27 heavy (non-hydrogen) atoms. The Morgan fingerprint density at radius 2 is 2.07 bits per heavy atom. The number of aromatic nitrogens is 1. The first-order valence-electron chi connectivity index (χ1n) is 8.85. The summed E-state index contributed by atoms with van der Waals surface area (Å²) in [5.41, 5.74) is 2.78. The lowest BCUT2D eigenvalue weighted by Crippen LogP contribution is -2.31. The van der Waals surface area contributed by atoms with E-state index in [1.54, 1.807) is 13.0 Å². The predicted molar refractivity (Wildman–Crippen MR) is 101 cm³/mol. The average Bonchev–Trinajstić information content (AvgIpc) is 3.03. The van der Waals surface area contributed by atoms with Gasteiger partial charge in [0, 0.05) is 0 Å². The molecular formula is C21H18ClFN2O2. The Kier molecular flexibility index (Phi) is 4.70. The number of amides is 1. The average molecular weight is 385 g/mol. The highest BCUT2D eigenvalue weighted by atomic mass is 35.5. The van der Waals surface area contributed by atoms with E-state index in [2.05, 4.69) is 16.5 Å². The number of carbonyl (C=O) groups is 1. The van der Waals surface area contributed by atoms with Crippen LogP contribution in [0.1, 0.15) is 46.1 Å². The fourth-order valence-corrected chi connectivity index (χ4v) is 3.92. The molecule has 0 spiro atoms. The predicted octanol–water partition coefficient (Wildman–Crippen LogP) is 5.25. The molecule has 0 aliphatic heterocycles. The Balaban J connectivity index is 1.70. The zero-order valence-electron chi connectivity index (χ0n) is 14.8. The molecular weight excluding hydrogens is 367 g/mol. The number of aryl methyl sites for hydroxylation is 2. The van der Waals surface area contributed by atoms with Crippen LogP contribution in [0.4, 0.5) is 4.39 Å². The van der Waals surface area contributed by atoms with Gasteiger partial charge in [0.15, 0.2) is 0 Å². The molecule has 6 heteroatoms. The van der Waals surface area contributed by atoms with Gasteiger partial charge in [0.2, 0.25) is 0 Å². The molecule has 0 fully saturated rings. The van der Waals surface area contributed by atoms with Gasteiger partial charge in [-0.15, -0.1) is 0 Å². The van der Waals surface area contributed by atoms with Crippen LogP contribution >= 0.6 is 11.6 Å². The van der Waals surface area contributed by atoms with Crippen molar-refractivity contribution in [1.82, 2.24) is 10.5 Å². The minimum Gasteiger partial charge on any atom is -0.360 e. The highest BCUT2D eigenvalue weighted by Gasteiger charge is 2.28. The van der Waals surface area contributed by atoms with Crippen molar-refractivity contribution in [3.63, 3.8) is 0 Å². The van der Waals surface area contributed by atoms with Gasteiger partial charge in [-0.05, 0) is 49.4 Å². The van der Waals surface area contributed by atoms with Gasteiger partial charge in [-0.2, -0.15) is 0 Å². The SMILES string of the molecule is Cc1onc(-c2c(F)cccc2Cl)c1C(=O)NC1CCCc2ccccc21. The van der Waals surface area contributed by atoms with Gasteiger partial charge in [0.1, 0.15) is 22.8 Å². The number of fused-ring (bicyclic) bond motifs is 1. The number of rotatable bonds is 3. The smallest absolute Gasteiger partial charge is 0.257 e. The second kappa shape index (κ2) is 7.16. The maximum atomic E-state index is 14.3. The molecule has 4 rings (SSSR count). The van der Waals surface area contributed by atoms with Crippen molar-refractivity contribution >= 4 is 17.5 Å². The van der Waals surface area contributed by atoms with Crippen LogP contribution in [0.15, 0.2) is 47.0 Å². The summed E-state index contributed by atoms with van der Waals surface area (Å²) < 4.78 is 19.6. The second-order valence-electron chi connectivity index (χ2n) is 6.68. The summed E-state index contributed by atoms with van der Waals surface area (Å²) in [6.45, 7) is 1.63. The lowest BCUT2D eigenvalue weighted by atomic mass is 9.87. The molecule has 0 saturated carbocycles. The summed E-state index contributed by atoms with van der Waals surface area (Å²) in [4.78, 5) is 13.0. The van der Waals surface area contributed by atoms with Crippen molar-refractivity contribution < 1.29 is 13.7 Å². The van der Waals surface area contributed by atoms with Gasteiger partial charge >= 0.3 is 0 Å². The second-order valence-corrected chi connectivity index (χ2v) is 7.08. The van der Waals surface area contributed by atoms with Crippen LogP contribution in [0.2, 0.25) is 5.02 Å². The zero-order chi connectivity index (χ0) is 19.0. The molecule has 1 heterocycles. The third kappa shape index (κ3) is 3.23. The van der Waals surface area contributed by atoms with Crippen LogP contribution in [0.3, 0.4) is 0 Å². The molecule has 1 aliphatic rings. The Morgan fingerprint density at radius 1 is 1.26 bits per heavy atom. The van der Waals surface area contributed by atoms with Crippen LogP contribution in [0.5, 0.6) is 0 Å². The molecule has 4 nitrogen and oxygen atoms in total. The highest BCUT2D eigenvalue weighted by Crippen LogP contribution is 2.35. The Labute approximate surface area is 161 Å². The molecule has 0 bridgehead atoms. The number of hydrogen-bond donors (Lipinski definition) is 1. The number of halogens is 2. The van der Waals surface area contributed by atoms with E-state index in [-0.39, 0.29) is 33.8 Å². The van der Waals surface area contributed by atoms with Gasteiger partial charge in [0.05, 0.1) is 16.6 Å². The first kappa shape index (κ1) is 17.7. The molecule has 1 aromatic heterocycles. The minimum absolute atomic E-state index is 0.0743. The van der Waals surface area contributed by atoms with E-state index < -0.39 is 5.82 Å². The van der Waals surface area contributed by atoms with E-state index in [1.165, 1.54) is 17.7 Å². The van der Waals surface area contributed by atoms with E-state index in [0.717, 1.165) is 24.8 Å². The summed E-state index contributed by atoms with van der Waals surface area (Å²) in [6, 6.07) is 12.3. The molecule has 1 atom stereocenters. The highest BCUT2D eigenvalue weighted by molar-refractivity contribution is 6.33. The van der Waals surface area contributed by atoms with Crippen molar-refractivity contribution in [2.45, 2.75) is 32.2 Å². The Hall–Kier alpha value is -2.66. The molecule has 0 saturated heterocycles. The summed E-state index contributed by atoms with van der Waals surface area (Å²) >= 11 is 6.16. The first-order valence-corrected chi connectivity index (χ1v) is 9.23. The molecule has 1 amide bonds. The topological polar surface area (TPSA) is 55.1 Å². The Bertz CT molecular complexity index is 995. The number of nitrogens with one attached hydrogen (secondary N) is 1. The summed E-state index contributed by atoms with van der Waals surface area (Å²) in [7, 11) is 0. The van der Waals surface area contributed by atoms with Crippen molar-refractivity contribution in [2.24, 2.45) is 0 Å². The van der Waals surface area contributed by atoms with Gasteiger partial charge in [-0.25, -0.2) is 4.39 Å². The lowest BCUT2D eigenvalue weighted by Gasteiger charge is -2.26. The zero-order valence-corrected chi connectivity index (χ0v) is 15.5. The van der Waals surface area contributed by atoms with Crippen LogP contribution in [-0.2, 0) is 6.42 Å². The molecule has 0 radical (unpaired) electrons. The van der Waals surface area contributed by atoms with Crippen molar-refractivity contribution in [3.8, 4) is 11.3 Å². The molecule has 2 aromatic carbocycles. The maximum Gasteiger partial charge on any atom is 0.257 e. The van der Waals surface area contributed by atoms with Gasteiger partial charge in [0.25, 0.3) is 5.91 Å².